The van der Waals surface area contributed by atoms with E-state index in [1.807, 2.05) is 30.3 Å². The summed E-state index contributed by atoms with van der Waals surface area (Å²) in [5.74, 6) is -0.890. The lowest BCUT2D eigenvalue weighted by molar-refractivity contribution is -0.125. The van der Waals surface area contributed by atoms with Crippen LogP contribution < -0.4 is 15.4 Å². The van der Waals surface area contributed by atoms with Crippen LogP contribution in [-0.2, 0) is 16.1 Å². The molecule has 2 rings (SSSR count). The van der Waals surface area contributed by atoms with Crippen molar-refractivity contribution >= 4 is 23.6 Å². The molecule has 27 heavy (non-hydrogen) atoms. The maximum absolute atomic E-state index is 12.1. The Morgan fingerprint density at radius 3 is 2.78 bits per heavy atom. The number of carbonyl (C=O) groups excluding carboxylic acids is 2. The first-order valence-corrected chi connectivity index (χ1v) is 9.19. The lowest BCUT2D eigenvalue weighted by Crippen LogP contribution is -2.44. The van der Waals surface area contributed by atoms with Crippen LogP contribution in [0.15, 0.2) is 34.9 Å². The number of carbonyl (C=O) groups is 2. The minimum absolute atomic E-state index is 0.0397. The van der Waals surface area contributed by atoms with Gasteiger partial charge in [0.2, 0.25) is 11.8 Å². The maximum Gasteiger partial charge on any atom is 0.243 e. The van der Waals surface area contributed by atoms with Gasteiger partial charge in [0.15, 0.2) is 0 Å². The molecule has 1 aliphatic heterocycles. The van der Waals surface area contributed by atoms with E-state index in [9.17, 15) is 20.1 Å². The van der Waals surface area contributed by atoms with Crippen LogP contribution in [0.2, 0.25) is 0 Å². The summed E-state index contributed by atoms with van der Waals surface area (Å²) >= 11 is 1.08. The second kappa shape index (κ2) is 8.61. The number of thioether (sulfide) groups is 1. The van der Waals surface area contributed by atoms with Crippen molar-refractivity contribution in [3.05, 3.63) is 40.4 Å². The Kier molecular flexibility index (Phi) is 6.49. The first kappa shape index (κ1) is 20.3. The van der Waals surface area contributed by atoms with Crippen LogP contribution in [0.5, 0.6) is 5.75 Å². The molecular weight excluding hydrogens is 364 g/mol. The molecule has 1 aromatic carbocycles. The van der Waals surface area contributed by atoms with Crippen LogP contribution in [-0.4, -0.2) is 24.7 Å². The highest BCUT2D eigenvalue weighted by molar-refractivity contribution is 8.03. The number of nitrogens with one attached hydrogen (secondary N) is 2. The van der Waals surface area contributed by atoms with Crippen LogP contribution in [0, 0.1) is 34.0 Å². The highest BCUT2D eigenvalue weighted by Gasteiger charge is 2.44. The molecule has 0 aliphatic carbocycles. The number of methoxy groups -OCH3 is 1. The fourth-order valence-corrected chi connectivity index (χ4v) is 3.71. The van der Waals surface area contributed by atoms with Crippen molar-refractivity contribution < 1.29 is 14.3 Å². The van der Waals surface area contributed by atoms with Gasteiger partial charge in [-0.15, -0.1) is 0 Å². The summed E-state index contributed by atoms with van der Waals surface area (Å²) in [5.41, 5.74) is 0.290. The first-order chi connectivity index (χ1) is 12.8. The van der Waals surface area contributed by atoms with Gasteiger partial charge < -0.3 is 15.4 Å². The summed E-state index contributed by atoms with van der Waals surface area (Å²) in [4.78, 5) is 24.3. The third-order valence-corrected chi connectivity index (χ3v) is 5.31. The Bertz CT molecular complexity index is 864. The standard InChI is InChI=1S/C19H20N4O3S/c1-19(2)14(8-20)17(25)23-18(15(19)9-21)27-11-16(24)22-10-12-5-4-6-13(7-12)26-3/h4-7,14H,10-11H2,1-3H3,(H,22,24)(H,23,25)/t14-/m0/s1. The molecule has 1 atom stereocenters. The van der Waals surface area contributed by atoms with Crippen molar-refractivity contribution in [2.24, 2.45) is 11.3 Å². The van der Waals surface area contributed by atoms with E-state index in [1.165, 1.54) is 0 Å². The monoisotopic (exact) mass is 384 g/mol. The van der Waals surface area contributed by atoms with Crippen molar-refractivity contribution in [2.45, 2.75) is 20.4 Å². The van der Waals surface area contributed by atoms with E-state index in [-0.39, 0.29) is 11.7 Å². The number of hydrogen-bond acceptors (Lipinski definition) is 6. The fraction of sp³-hybridized carbons (Fsp3) is 0.368. The average Bonchev–Trinajstić information content (AvgIpc) is 2.64. The highest BCUT2D eigenvalue weighted by Crippen LogP contribution is 2.41. The summed E-state index contributed by atoms with van der Waals surface area (Å²) in [7, 11) is 1.58. The van der Waals surface area contributed by atoms with Gasteiger partial charge in [0.1, 0.15) is 11.7 Å². The zero-order valence-corrected chi connectivity index (χ0v) is 16.1. The highest BCUT2D eigenvalue weighted by atomic mass is 32.2. The molecule has 7 nitrogen and oxygen atoms in total. The van der Waals surface area contributed by atoms with Crippen molar-refractivity contribution in [3.8, 4) is 17.9 Å². The average molecular weight is 384 g/mol. The maximum atomic E-state index is 12.1. The number of allylic oxidation sites excluding steroid dienone is 1. The molecule has 1 aliphatic rings. The number of hydrogen-bond donors (Lipinski definition) is 2. The summed E-state index contributed by atoms with van der Waals surface area (Å²) in [6.07, 6.45) is 0. The third kappa shape index (κ3) is 4.60. The Morgan fingerprint density at radius 2 is 2.15 bits per heavy atom. The van der Waals surface area contributed by atoms with Crippen molar-refractivity contribution in [1.29, 1.82) is 10.5 Å². The molecule has 2 amide bonds. The largest absolute Gasteiger partial charge is 0.497 e. The van der Waals surface area contributed by atoms with Crippen LogP contribution in [0.25, 0.3) is 0 Å². The van der Waals surface area contributed by atoms with Gasteiger partial charge in [0.25, 0.3) is 0 Å². The number of ether oxygens (including phenoxy) is 1. The fourth-order valence-electron chi connectivity index (χ4n) is 2.71. The second-order valence-corrected chi connectivity index (χ2v) is 7.49. The Labute approximate surface area is 162 Å². The topological polar surface area (TPSA) is 115 Å². The van der Waals surface area contributed by atoms with Crippen molar-refractivity contribution in [3.63, 3.8) is 0 Å². The van der Waals surface area contributed by atoms with Crippen LogP contribution in [0.3, 0.4) is 0 Å². The quantitative estimate of drug-likeness (QED) is 0.776. The lowest BCUT2D eigenvalue weighted by Gasteiger charge is -2.34. The third-order valence-electron chi connectivity index (χ3n) is 4.30. The zero-order chi connectivity index (χ0) is 20.0. The molecule has 0 bridgehead atoms. The molecule has 0 unspecified atom stereocenters. The molecule has 140 valence electrons. The molecule has 1 heterocycles. The predicted molar refractivity (Wildman–Crippen MR) is 101 cm³/mol. The zero-order valence-electron chi connectivity index (χ0n) is 15.3. The molecule has 2 N–H and O–H groups in total. The molecule has 0 aromatic heterocycles. The molecule has 0 fully saturated rings. The molecule has 8 heteroatoms. The van der Waals surface area contributed by atoms with Gasteiger partial charge in [0.05, 0.1) is 35.6 Å². The SMILES string of the molecule is COc1cccc(CNC(=O)CSC2=C(C#N)C(C)(C)[C@@H](C#N)C(=O)N2)c1. The smallest absolute Gasteiger partial charge is 0.243 e. The van der Waals surface area contributed by atoms with Gasteiger partial charge in [0, 0.05) is 12.0 Å². The molecular formula is C19H20N4O3S. The summed E-state index contributed by atoms with van der Waals surface area (Å²) in [5, 5.41) is 24.4. The van der Waals surface area contributed by atoms with E-state index in [1.54, 1.807) is 21.0 Å². The van der Waals surface area contributed by atoms with Crippen molar-refractivity contribution in [1.82, 2.24) is 10.6 Å². The van der Waals surface area contributed by atoms with E-state index in [0.29, 0.717) is 22.9 Å². The number of rotatable bonds is 6. The van der Waals surface area contributed by atoms with E-state index in [2.05, 4.69) is 16.7 Å². The van der Waals surface area contributed by atoms with Crippen LogP contribution in [0.4, 0.5) is 0 Å². The Morgan fingerprint density at radius 1 is 1.41 bits per heavy atom. The number of amides is 2. The van der Waals surface area contributed by atoms with Gasteiger partial charge >= 0.3 is 0 Å². The van der Waals surface area contributed by atoms with Crippen LogP contribution in [0.1, 0.15) is 19.4 Å². The Hall–Kier alpha value is -2.97. The number of nitriles is 2. The number of nitrogens with zero attached hydrogens (tertiary/aromatic N) is 2. The van der Waals surface area contributed by atoms with E-state index in [0.717, 1.165) is 17.3 Å². The summed E-state index contributed by atoms with van der Waals surface area (Å²) in [6.45, 7) is 3.71. The predicted octanol–water partition coefficient (Wildman–Crippen LogP) is 2.08. The summed E-state index contributed by atoms with van der Waals surface area (Å²) in [6, 6.07) is 11.4. The minimum atomic E-state index is -0.946. The van der Waals surface area contributed by atoms with Gasteiger partial charge in [-0.05, 0) is 17.7 Å². The first-order valence-electron chi connectivity index (χ1n) is 8.21. The Balaban J connectivity index is 2.01. The van der Waals surface area contributed by atoms with Gasteiger partial charge in [-0.2, -0.15) is 10.5 Å². The molecule has 0 saturated carbocycles. The lowest BCUT2D eigenvalue weighted by atomic mass is 9.72. The molecule has 1 aromatic rings. The minimum Gasteiger partial charge on any atom is -0.497 e. The molecule has 0 saturated heterocycles. The summed E-state index contributed by atoms with van der Waals surface area (Å²) < 4.78 is 5.14. The normalized spacial score (nSPS) is 18.1. The number of benzene rings is 1. The van der Waals surface area contributed by atoms with Gasteiger partial charge in [-0.1, -0.05) is 37.7 Å². The second-order valence-electron chi connectivity index (χ2n) is 6.51. The van der Waals surface area contributed by atoms with Gasteiger partial charge in [-0.25, -0.2) is 0 Å². The molecule has 0 radical (unpaired) electrons. The molecule has 0 spiro atoms. The van der Waals surface area contributed by atoms with E-state index < -0.39 is 17.2 Å². The van der Waals surface area contributed by atoms with E-state index >= 15 is 0 Å². The van der Waals surface area contributed by atoms with Crippen LogP contribution >= 0.6 is 11.8 Å². The van der Waals surface area contributed by atoms with Crippen molar-refractivity contribution in [2.75, 3.05) is 12.9 Å². The van der Waals surface area contributed by atoms with Gasteiger partial charge in [-0.3, -0.25) is 9.59 Å². The van der Waals surface area contributed by atoms with E-state index in [4.69, 9.17) is 4.74 Å².